The molecular weight excluding hydrogens is 330 g/mol. The van der Waals surface area contributed by atoms with Crippen molar-refractivity contribution in [3.05, 3.63) is 47.3 Å². The van der Waals surface area contributed by atoms with Crippen molar-refractivity contribution in [1.29, 1.82) is 0 Å². The molecule has 0 bridgehead atoms. The zero-order valence-electron chi connectivity index (χ0n) is 14.9. The van der Waals surface area contributed by atoms with Gasteiger partial charge in [0.25, 0.3) is 11.6 Å². The van der Waals surface area contributed by atoms with Gasteiger partial charge in [-0.25, -0.2) is 4.98 Å². The molecule has 0 unspecified atom stereocenters. The van der Waals surface area contributed by atoms with Crippen LogP contribution in [0.5, 0.6) is 5.75 Å². The summed E-state index contributed by atoms with van der Waals surface area (Å²) in [6.45, 7) is 4.46. The lowest BCUT2D eigenvalue weighted by molar-refractivity contribution is 0.102. The van der Waals surface area contributed by atoms with Gasteiger partial charge in [0.05, 0.1) is 28.9 Å². The first-order valence-electron chi connectivity index (χ1n) is 8.97. The molecule has 134 valence electrons. The number of carbonyl (C=O) groups excluding carboxylic acids is 1. The number of fused-ring (bicyclic) bond motifs is 1. The molecule has 6 nitrogen and oxygen atoms in total. The summed E-state index contributed by atoms with van der Waals surface area (Å²) < 4.78 is 11.1. The second-order valence-corrected chi connectivity index (χ2v) is 6.62. The SMILES string of the molecule is CCCOc1ccccc1NC(=O)c1cc(C2CC2)nc2onc(C)c12. The minimum Gasteiger partial charge on any atom is -0.491 e. The summed E-state index contributed by atoms with van der Waals surface area (Å²) in [5.41, 5.74) is 3.18. The van der Waals surface area contributed by atoms with Crippen LogP contribution in [0.3, 0.4) is 0 Å². The molecule has 0 aliphatic heterocycles. The highest BCUT2D eigenvalue weighted by atomic mass is 16.5. The molecule has 4 rings (SSSR count). The van der Waals surface area contributed by atoms with Gasteiger partial charge in [0.2, 0.25) is 0 Å². The van der Waals surface area contributed by atoms with Crippen molar-refractivity contribution in [3.8, 4) is 5.75 Å². The average Bonchev–Trinajstić information content (AvgIpc) is 3.44. The van der Waals surface area contributed by atoms with Gasteiger partial charge in [0.1, 0.15) is 5.75 Å². The summed E-state index contributed by atoms with van der Waals surface area (Å²) in [6, 6.07) is 9.32. The van der Waals surface area contributed by atoms with Crippen LogP contribution >= 0.6 is 0 Å². The number of nitrogens with one attached hydrogen (secondary N) is 1. The summed E-state index contributed by atoms with van der Waals surface area (Å²) in [4.78, 5) is 17.6. The molecule has 1 aliphatic carbocycles. The normalized spacial score (nSPS) is 13.8. The minimum absolute atomic E-state index is 0.210. The van der Waals surface area contributed by atoms with Gasteiger partial charge in [-0.2, -0.15) is 0 Å². The van der Waals surface area contributed by atoms with E-state index in [9.17, 15) is 4.79 Å². The Labute approximate surface area is 151 Å². The second kappa shape index (κ2) is 6.78. The van der Waals surface area contributed by atoms with Gasteiger partial charge in [-0.05, 0) is 44.4 Å². The van der Waals surface area contributed by atoms with E-state index < -0.39 is 0 Å². The number of aromatic nitrogens is 2. The molecule has 6 heteroatoms. The molecule has 2 heterocycles. The van der Waals surface area contributed by atoms with Crippen LogP contribution in [0.15, 0.2) is 34.9 Å². The standard InChI is InChI=1S/C20H21N3O3/c1-3-10-25-17-7-5-4-6-15(17)21-19(24)14-11-16(13-8-9-13)22-20-18(14)12(2)23-26-20/h4-7,11,13H,3,8-10H2,1-2H3,(H,21,24). The number of hydrogen-bond donors (Lipinski definition) is 1. The molecule has 1 aliphatic rings. The minimum atomic E-state index is -0.210. The van der Waals surface area contributed by atoms with Gasteiger partial charge in [-0.1, -0.05) is 24.2 Å². The number of benzene rings is 1. The number of anilines is 1. The lowest BCUT2D eigenvalue weighted by Crippen LogP contribution is -2.14. The van der Waals surface area contributed by atoms with Crippen molar-refractivity contribution in [1.82, 2.24) is 10.1 Å². The maximum absolute atomic E-state index is 13.0. The Balaban J connectivity index is 1.69. The van der Waals surface area contributed by atoms with Crippen LogP contribution in [0.4, 0.5) is 5.69 Å². The third kappa shape index (κ3) is 3.14. The van der Waals surface area contributed by atoms with Gasteiger partial charge in [0.15, 0.2) is 0 Å². The van der Waals surface area contributed by atoms with E-state index in [0.717, 1.165) is 25.0 Å². The van der Waals surface area contributed by atoms with Gasteiger partial charge in [-0.15, -0.1) is 0 Å². The highest BCUT2D eigenvalue weighted by Gasteiger charge is 2.28. The molecule has 0 spiro atoms. The molecule has 1 aromatic carbocycles. The summed E-state index contributed by atoms with van der Waals surface area (Å²) >= 11 is 0. The van der Waals surface area contributed by atoms with E-state index in [4.69, 9.17) is 9.26 Å². The zero-order chi connectivity index (χ0) is 18.1. The van der Waals surface area contributed by atoms with Crippen LogP contribution in [-0.2, 0) is 0 Å². The van der Waals surface area contributed by atoms with Gasteiger partial charge >= 0.3 is 0 Å². The number of hydrogen-bond acceptors (Lipinski definition) is 5. The fourth-order valence-electron chi connectivity index (χ4n) is 2.98. The van der Waals surface area contributed by atoms with E-state index >= 15 is 0 Å². The first-order chi connectivity index (χ1) is 12.7. The highest BCUT2D eigenvalue weighted by Crippen LogP contribution is 2.40. The van der Waals surface area contributed by atoms with Crippen molar-refractivity contribution in [2.24, 2.45) is 0 Å². The van der Waals surface area contributed by atoms with Crippen molar-refractivity contribution in [3.63, 3.8) is 0 Å². The molecule has 0 saturated heterocycles. The largest absolute Gasteiger partial charge is 0.491 e. The van der Waals surface area contributed by atoms with E-state index in [1.54, 1.807) is 0 Å². The number of aryl methyl sites for hydroxylation is 1. The number of ether oxygens (including phenoxy) is 1. The topological polar surface area (TPSA) is 77.2 Å². The lowest BCUT2D eigenvalue weighted by atomic mass is 10.1. The summed E-state index contributed by atoms with van der Waals surface area (Å²) in [7, 11) is 0. The maximum atomic E-state index is 13.0. The molecule has 0 radical (unpaired) electrons. The van der Waals surface area contributed by atoms with Crippen molar-refractivity contribution >= 4 is 22.7 Å². The predicted molar refractivity (Wildman–Crippen MR) is 98.7 cm³/mol. The summed E-state index contributed by atoms with van der Waals surface area (Å²) in [5, 5.41) is 7.62. The molecule has 1 N–H and O–H groups in total. The predicted octanol–water partition coefficient (Wildman–Crippen LogP) is 4.45. The number of carbonyl (C=O) groups is 1. The fourth-order valence-corrected chi connectivity index (χ4v) is 2.98. The Morgan fingerprint density at radius 2 is 2.15 bits per heavy atom. The van der Waals surface area contributed by atoms with E-state index in [1.807, 2.05) is 44.2 Å². The van der Waals surface area contributed by atoms with E-state index in [-0.39, 0.29) is 5.91 Å². The molecule has 0 atom stereocenters. The number of amides is 1. The van der Waals surface area contributed by atoms with Crippen LogP contribution in [0.1, 0.15) is 53.8 Å². The Morgan fingerprint density at radius 3 is 2.92 bits per heavy atom. The number of pyridine rings is 1. The number of para-hydroxylation sites is 2. The van der Waals surface area contributed by atoms with Gasteiger partial charge in [0, 0.05) is 11.6 Å². The zero-order valence-corrected chi connectivity index (χ0v) is 14.9. The monoisotopic (exact) mass is 351 g/mol. The first kappa shape index (κ1) is 16.6. The highest BCUT2D eigenvalue weighted by molar-refractivity contribution is 6.12. The van der Waals surface area contributed by atoms with E-state index in [0.29, 0.717) is 46.3 Å². The molecule has 1 saturated carbocycles. The van der Waals surface area contributed by atoms with Crippen LogP contribution in [0.25, 0.3) is 11.1 Å². The van der Waals surface area contributed by atoms with E-state index in [2.05, 4.69) is 15.5 Å². The number of rotatable bonds is 6. The van der Waals surface area contributed by atoms with Crippen molar-refractivity contribution in [2.75, 3.05) is 11.9 Å². The molecular formula is C20H21N3O3. The smallest absolute Gasteiger partial charge is 0.259 e. The first-order valence-corrected chi connectivity index (χ1v) is 8.97. The summed E-state index contributed by atoms with van der Waals surface area (Å²) in [6.07, 6.45) is 3.10. The van der Waals surface area contributed by atoms with Gasteiger partial charge in [-0.3, -0.25) is 4.79 Å². The summed E-state index contributed by atoms with van der Waals surface area (Å²) in [5.74, 6) is 0.868. The number of nitrogens with zero attached hydrogens (tertiary/aromatic N) is 2. The Bertz CT molecular complexity index is 960. The maximum Gasteiger partial charge on any atom is 0.259 e. The molecule has 2 aromatic heterocycles. The average molecular weight is 351 g/mol. The Kier molecular flexibility index (Phi) is 4.32. The van der Waals surface area contributed by atoms with Crippen molar-refractivity contribution < 1.29 is 14.1 Å². The second-order valence-electron chi connectivity index (χ2n) is 6.62. The molecule has 3 aromatic rings. The third-order valence-electron chi connectivity index (χ3n) is 4.47. The molecule has 1 fully saturated rings. The van der Waals surface area contributed by atoms with Crippen molar-refractivity contribution in [2.45, 2.75) is 39.0 Å². The van der Waals surface area contributed by atoms with Crippen LogP contribution in [-0.4, -0.2) is 22.7 Å². The molecule has 1 amide bonds. The van der Waals surface area contributed by atoms with Crippen LogP contribution < -0.4 is 10.1 Å². The van der Waals surface area contributed by atoms with E-state index in [1.165, 1.54) is 0 Å². The van der Waals surface area contributed by atoms with Crippen LogP contribution in [0, 0.1) is 6.92 Å². The van der Waals surface area contributed by atoms with Gasteiger partial charge < -0.3 is 14.6 Å². The Hall–Kier alpha value is -2.89. The third-order valence-corrected chi connectivity index (χ3v) is 4.47. The quantitative estimate of drug-likeness (QED) is 0.710. The molecule has 26 heavy (non-hydrogen) atoms. The van der Waals surface area contributed by atoms with Crippen LogP contribution in [0.2, 0.25) is 0 Å². The fraction of sp³-hybridized carbons (Fsp3) is 0.350. The lowest BCUT2D eigenvalue weighted by Gasteiger charge is -2.12. The Morgan fingerprint density at radius 1 is 1.35 bits per heavy atom.